The van der Waals surface area contributed by atoms with Crippen LogP contribution in [0.3, 0.4) is 0 Å². The molecular weight excluding hydrogens is 300 g/mol. The molecule has 0 radical (unpaired) electrons. The molecule has 0 aliphatic heterocycles. The van der Waals surface area contributed by atoms with Gasteiger partial charge in [-0.05, 0) is 6.92 Å². The average Bonchev–Trinajstić information content (AvgIpc) is 2.36. The molecular formula is C12H16N2O6S. The first-order valence-corrected chi connectivity index (χ1v) is 7.38. The van der Waals surface area contributed by atoms with Gasteiger partial charge >= 0.3 is 0 Å². The minimum absolute atomic E-state index is 0.0584. The Hall–Kier alpha value is -2.13. The van der Waals surface area contributed by atoms with Crippen LogP contribution in [-0.2, 0) is 10.0 Å². The van der Waals surface area contributed by atoms with Crippen molar-refractivity contribution in [1.82, 2.24) is 0 Å². The van der Waals surface area contributed by atoms with E-state index in [0.717, 1.165) is 17.7 Å². The molecule has 0 unspecified atom stereocenters. The lowest BCUT2D eigenvalue weighted by molar-refractivity contribution is -0.385. The summed E-state index contributed by atoms with van der Waals surface area (Å²) in [4.78, 5) is 9.64. The molecule has 116 valence electrons. The van der Waals surface area contributed by atoms with Gasteiger partial charge in [0.15, 0.2) is 11.5 Å². The lowest BCUT2D eigenvalue weighted by Gasteiger charge is -2.13. The fourth-order valence-electron chi connectivity index (χ4n) is 1.52. The van der Waals surface area contributed by atoms with E-state index in [1.807, 2.05) is 0 Å². The molecule has 0 fully saturated rings. The lowest BCUT2D eigenvalue weighted by atomic mass is 10.2. The third-order valence-electron chi connectivity index (χ3n) is 2.51. The van der Waals surface area contributed by atoms with Crippen LogP contribution >= 0.6 is 0 Å². The van der Waals surface area contributed by atoms with Crippen LogP contribution in [0.2, 0.25) is 0 Å². The van der Waals surface area contributed by atoms with E-state index in [1.54, 1.807) is 6.92 Å². The second kappa shape index (κ2) is 6.55. The topological polar surface area (TPSA) is 122 Å². The van der Waals surface area contributed by atoms with Crippen LogP contribution in [0.4, 0.5) is 5.69 Å². The number of nitro groups is 1. The van der Waals surface area contributed by atoms with E-state index in [9.17, 15) is 18.5 Å². The van der Waals surface area contributed by atoms with Crippen LogP contribution in [0.1, 0.15) is 13.3 Å². The number of benzene rings is 1. The second-order valence-electron chi connectivity index (χ2n) is 4.33. The molecule has 8 nitrogen and oxygen atoms in total. The zero-order chi connectivity index (χ0) is 16.2. The Morgan fingerprint density at radius 3 is 2.52 bits per heavy atom. The first kappa shape index (κ1) is 16.9. The number of nitrogens with two attached hydrogens (primary N) is 1. The van der Waals surface area contributed by atoms with Gasteiger partial charge in [-0.1, -0.05) is 5.57 Å². The Morgan fingerprint density at radius 2 is 2.10 bits per heavy atom. The summed E-state index contributed by atoms with van der Waals surface area (Å²) in [7, 11) is -2.97. The summed E-state index contributed by atoms with van der Waals surface area (Å²) in [6.07, 6.45) is 0.510. The Morgan fingerprint density at radius 1 is 1.48 bits per heavy atom. The van der Waals surface area contributed by atoms with E-state index < -0.39 is 25.5 Å². The van der Waals surface area contributed by atoms with Gasteiger partial charge in [-0.25, -0.2) is 13.6 Å². The fraction of sp³-hybridized carbons (Fsp3) is 0.333. The molecule has 0 bridgehead atoms. The Balaban J connectivity index is 3.35. The number of hydrogen-bond donors (Lipinski definition) is 1. The first-order valence-electron chi connectivity index (χ1n) is 5.83. The number of methoxy groups -OCH3 is 1. The summed E-state index contributed by atoms with van der Waals surface area (Å²) < 4.78 is 33.4. The molecule has 0 spiro atoms. The van der Waals surface area contributed by atoms with Gasteiger partial charge in [-0.15, -0.1) is 6.58 Å². The number of sulfonamides is 1. The maximum Gasteiger partial charge on any atom is 0.274 e. The highest BCUT2D eigenvalue weighted by molar-refractivity contribution is 7.89. The molecule has 1 aromatic rings. The molecule has 0 heterocycles. The van der Waals surface area contributed by atoms with E-state index in [-0.39, 0.29) is 18.1 Å². The van der Waals surface area contributed by atoms with Crippen molar-refractivity contribution < 1.29 is 22.8 Å². The van der Waals surface area contributed by atoms with Crippen LogP contribution in [0.15, 0.2) is 29.2 Å². The third-order valence-corrected chi connectivity index (χ3v) is 3.43. The summed E-state index contributed by atoms with van der Waals surface area (Å²) in [6, 6.07) is 1.92. The number of nitrogens with zero attached hydrogens (tertiary/aromatic N) is 1. The van der Waals surface area contributed by atoms with Crippen LogP contribution in [0.5, 0.6) is 11.5 Å². The molecule has 0 aliphatic rings. The molecule has 0 saturated heterocycles. The smallest absolute Gasteiger partial charge is 0.274 e. The maximum absolute atomic E-state index is 11.5. The molecule has 0 amide bonds. The highest BCUT2D eigenvalue weighted by atomic mass is 32.2. The van der Waals surface area contributed by atoms with Gasteiger partial charge < -0.3 is 9.47 Å². The van der Waals surface area contributed by atoms with Gasteiger partial charge in [-0.3, -0.25) is 10.1 Å². The molecule has 0 saturated carbocycles. The molecule has 1 aromatic carbocycles. The Kier molecular flexibility index (Phi) is 5.28. The lowest BCUT2D eigenvalue weighted by Crippen LogP contribution is -2.14. The van der Waals surface area contributed by atoms with Crippen LogP contribution in [0, 0.1) is 10.1 Å². The summed E-state index contributed by atoms with van der Waals surface area (Å²) >= 11 is 0. The van der Waals surface area contributed by atoms with Gasteiger partial charge in [0, 0.05) is 12.5 Å². The van der Waals surface area contributed by atoms with Gasteiger partial charge in [-0.2, -0.15) is 0 Å². The molecule has 1 rings (SSSR count). The first-order chi connectivity index (χ1) is 9.66. The SMILES string of the molecule is C=C(C)CCOc1cc([N+](=O)[O-])cc(S(N)(=O)=O)c1OC. The van der Waals surface area contributed by atoms with Gasteiger partial charge in [0.25, 0.3) is 5.69 Å². The minimum Gasteiger partial charge on any atom is -0.492 e. The van der Waals surface area contributed by atoms with Gasteiger partial charge in [0.1, 0.15) is 4.90 Å². The number of nitro benzene ring substituents is 1. The Labute approximate surface area is 122 Å². The zero-order valence-corrected chi connectivity index (χ0v) is 12.5. The van der Waals surface area contributed by atoms with Crippen LogP contribution < -0.4 is 14.6 Å². The van der Waals surface area contributed by atoms with Gasteiger partial charge in [0.2, 0.25) is 10.0 Å². The van der Waals surface area contributed by atoms with Gasteiger partial charge in [0.05, 0.1) is 24.7 Å². The van der Waals surface area contributed by atoms with Crippen molar-refractivity contribution in [3.05, 3.63) is 34.4 Å². The van der Waals surface area contributed by atoms with Crippen molar-refractivity contribution in [2.24, 2.45) is 5.14 Å². The van der Waals surface area contributed by atoms with E-state index in [1.165, 1.54) is 7.11 Å². The quantitative estimate of drug-likeness (QED) is 0.463. The molecule has 2 N–H and O–H groups in total. The predicted octanol–water partition coefficient (Wildman–Crippen LogP) is 1.60. The van der Waals surface area contributed by atoms with Crippen molar-refractivity contribution in [2.75, 3.05) is 13.7 Å². The number of rotatable bonds is 7. The monoisotopic (exact) mass is 316 g/mol. The minimum atomic E-state index is -4.19. The van der Waals surface area contributed by atoms with E-state index in [4.69, 9.17) is 14.6 Å². The molecule has 0 atom stereocenters. The fourth-order valence-corrected chi connectivity index (χ4v) is 2.25. The van der Waals surface area contributed by atoms with Crippen molar-refractivity contribution in [1.29, 1.82) is 0 Å². The van der Waals surface area contributed by atoms with Crippen molar-refractivity contribution >= 4 is 15.7 Å². The van der Waals surface area contributed by atoms with Crippen molar-refractivity contribution in [3.8, 4) is 11.5 Å². The predicted molar refractivity (Wildman–Crippen MR) is 75.9 cm³/mol. The zero-order valence-electron chi connectivity index (χ0n) is 11.7. The highest BCUT2D eigenvalue weighted by Gasteiger charge is 2.25. The summed E-state index contributed by atoms with van der Waals surface area (Å²) in [5.41, 5.74) is 0.399. The summed E-state index contributed by atoms with van der Waals surface area (Å²) in [5.74, 6) is -0.221. The van der Waals surface area contributed by atoms with E-state index in [2.05, 4.69) is 6.58 Å². The van der Waals surface area contributed by atoms with Crippen molar-refractivity contribution in [3.63, 3.8) is 0 Å². The number of primary sulfonamides is 1. The maximum atomic E-state index is 11.5. The average molecular weight is 316 g/mol. The van der Waals surface area contributed by atoms with E-state index in [0.29, 0.717) is 6.42 Å². The van der Waals surface area contributed by atoms with Crippen molar-refractivity contribution in [2.45, 2.75) is 18.2 Å². The molecule has 0 aliphatic carbocycles. The summed E-state index contributed by atoms with van der Waals surface area (Å²) in [5, 5.41) is 15.9. The number of ether oxygens (including phenoxy) is 2. The molecule has 21 heavy (non-hydrogen) atoms. The normalized spacial score (nSPS) is 11.0. The molecule has 0 aromatic heterocycles. The second-order valence-corrected chi connectivity index (χ2v) is 5.86. The standard InChI is InChI=1S/C12H16N2O6S/c1-8(2)4-5-20-10-6-9(14(15)16)7-11(12(10)19-3)21(13,17)18/h6-7H,1,4-5H2,2-3H3,(H2,13,17,18). The highest BCUT2D eigenvalue weighted by Crippen LogP contribution is 2.37. The summed E-state index contributed by atoms with van der Waals surface area (Å²) in [6.45, 7) is 5.67. The van der Waals surface area contributed by atoms with E-state index >= 15 is 0 Å². The number of hydrogen-bond acceptors (Lipinski definition) is 6. The van der Waals surface area contributed by atoms with Crippen LogP contribution in [0.25, 0.3) is 0 Å². The number of non-ortho nitro benzene ring substituents is 1. The molecule has 9 heteroatoms. The third kappa shape index (κ3) is 4.43. The van der Waals surface area contributed by atoms with Crippen LogP contribution in [-0.4, -0.2) is 27.1 Å². The Bertz CT molecular complexity index is 669. The largest absolute Gasteiger partial charge is 0.492 e.